The summed E-state index contributed by atoms with van der Waals surface area (Å²) in [6.07, 6.45) is 1.92. The minimum absolute atomic E-state index is 0.175. The van der Waals surface area contributed by atoms with Crippen LogP contribution in [0.2, 0.25) is 0 Å². The molecule has 0 N–H and O–H groups in total. The highest BCUT2D eigenvalue weighted by molar-refractivity contribution is 5.79. The van der Waals surface area contributed by atoms with Crippen molar-refractivity contribution < 1.29 is 4.74 Å². The van der Waals surface area contributed by atoms with Gasteiger partial charge in [0.15, 0.2) is 11.2 Å². The summed E-state index contributed by atoms with van der Waals surface area (Å²) in [4.78, 5) is 31.1. The molecule has 0 fully saturated rings. The van der Waals surface area contributed by atoms with Gasteiger partial charge in [0.05, 0.1) is 24.5 Å². The predicted molar refractivity (Wildman–Crippen MR) is 128 cm³/mol. The smallest absolute Gasteiger partial charge is 0.332 e. The van der Waals surface area contributed by atoms with Gasteiger partial charge >= 0.3 is 5.69 Å². The van der Waals surface area contributed by atoms with Gasteiger partial charge in [-0.15, -0.1) is 0 Å². The van der Waals surface area contributed by atoms with Crippen LogP contribution in [0.5, 0.6) is 0 Å². The maximum atomic E-state index is 13.4. The molecule has 5 aromatic rings. The van der Waals surface area contributed by atoms with E-state index >= 15 is 0 Å². The zero-order valence-corrected chi connectivity index (χ0v) is 19.1. The molecule has 0 aliphatic heterocycles. The first-order chi connectivity index (χ1) is 15.9. The van der Waals surface area contributed by atoms with E-state index in [1.807, 2.05) is 43.5 Å². The van der Waals surface area contributed by atoms with Gasteiger partial charge in [-0.3, -0.25) is 22.9 Å². The lowest BCUT2D eigenvalue weighted by Crippen LogP contribution is -2.40. The Morgan fingerprint density at radius 3 is 2.52 bits per heavy atom. The van der Waals surface area contributed by atoms with Crippen LogP contribution in [0.1, 0.15) is 11.1 Å². The highest BCUT2D eigenvalue weighted by Crippen LogP contribution is 2.30. The van der Waals surface area contributed by atoms with Gasteiger partial charge in [-0.1, -0.05) is 42.5 Å². The normalized spacial score (nSPS) is 11.6. The molecule has 3 heterocycles. The lowest BCUT2D eigenvalue weighted by molar-refractivity contribution is 0.184. The lowest BCUT2D eigenvalue weighted by Gasteiger charge is -2.13. The first-order valence-corrected chi connectivity index (χ1v) is 10.8. The Hall–Kier alpha value is -3.91. The molecule has 0 radical (unpaired) electrons. The highest BCUT2D eigenvalue weighted by atomic mass is 16.5. The van der Waals surface area contributed by atoms with Gasteiger partial charge in [0.25, 0.3) is 5.56 Å². The molecule has 33 heavy (non-hydrogen) atoms. The van der Waals surface area contributed by atoms with Crippen LogP contribution in [0.3, 0.4) is 0 Å². The molecular formula is C25H25N5O3. The third kappa shape index (κ3) is 3.22. The molecule has 168 valence electrons. The number of methoxy groups -OCH3 is 1. The molecular weight excluding hydrogens is 418 g/mol. The quantitative estimate of drug-likeness (QED) is 0.418. The van der Waals surface area contributed by atoms with E-state index < -0.39 is 5.69 Å². The predicted octanol–water partition coefficient (Wildman–Crippen LogP) is 3.07. The number of imidazole rings is 2. The van der Waals surface area contributed by atoms with Gasteiger partial charge in [0.1, 0.15) is 0 Å². The van der Waals surface area contributed by atoms with Crippen LogP contribution in [0.4, 0.5) is 0 Å². The van der Waals surface area contributed by atoms with Crippen LogP contribution in [0, 0.1) is 13.8 Å². The molecule has 8 heteroatoms. The van der Waals surface area contributed by atoms with E-state index in [1.54, 1.807) is 18.6 Å². The maximum absolute atomic E-state index is 13.4. The van der Waals surface area contributed by atoms with Crippen LogP contribution in [0.25, 0.3) is 33.9 Å². The second kappa shape index (κ2) is 7.90. The number of ether oxygens (including phenoxy) is 1. The van der Waals surface area contributed by atoms with E-state index in [-0.39, 0.29) is 18.7 Å². The molecule has 0 saturated carbocycles. The molecule has 5 rings (SSSR count). The fourth-order valence-electron chi connectivity index (χ4n) is 4.29. The minimum Gasteiger partial charge on any atom is -0.383 e. The summed E-state index contributed by atoms with van der Waals surface area (Å²) in [6.45, 7) is 4.54. The third-order valence-corrected chi connectivity index (χ3v) is 6.04. The summed E-state index contributed by atoms with van der Waals surface area (Å²) in [6, 6.07) is 16.3. The first-order valence-electron chi connectivity index (χ1n) is 10.8. The van der Waals surface area contributed by atoms with Crippen LogP contribution < -0.4 is 11.2 Å². The number of rotatable bonds is 5. The van der Waals surface area contributed by atoms with Crippen molar-refractivity contribution in [1.29, 1.82) is 0 Å². The zero-order chi connectivity index (χ0) is 23.3. The number of aromatic nitrogens is 5. The molecule has 2 aromatic carbocycles. The van der Waals surface area contributed by atoms with Crippen molar-refractivity contribution in [2.24, 2.45) is 7.05 Å². The number of hydrogen-bond acceptors (Lipinski definition) is 4. The summed E-state index contributed by atoms with van der Waals surface area (Å²) in [5.74, 6) is 0.578. The summed E-state index contributed by atoms with van der Waals surface area (Å²) >= 11 is 0. The Bertz CT molecular complexity index is 1620. The van der Waals surface area contributed by atoms with Crippen molar-refractivity contribution in [2.75, 3.05) is 13.7 Å². The van der Waals surface area contributed by atoms with Crippen molar-refractivity contribution in [3.8, 4) is 16.9 Å². The standard InChI is InChI=1S/C25H25N5O3/c1-16-10-11-17(2)19(14-16)30-20(18-8-6-5-7-9-18)15-29-21-22(26-24(29)30)27(3)25(32)28(23(21)31)12-13-33-4/h5-11,14-15H,12-13H2,1-4H3. The maximum Gasteiger partial charge on any atom is 0.332 e. The van der Waals surface area contributed by atoms with Crippen LogP contribution in [-0.4, -0.2) is 36.8 Å². The Labute approximate surface area is 189 Å². The molecule has 0 aliphatic carbocycles. The molecule has 0 saturated heterocycles. The fourth-order valence-corrected chi connectivity index (χ4v) is 4.29. The van der Waals surface area contributed by atoms with E-state index in [1.165, 1.54) is 9.13 Å². The van der Waals surface area contributed by atoms with Gasteiger partial charge in [0.2, 0.25) is 5.78 Å². The second-order valence-electron chi connectivity index (χ2n) is 8.25. The molecule has 0 amide bonds. The second-order valence-corrected chi connectivity index (χ2v) is 8.25. The van der Waals surface area contributed by atoms with Crippen molar-refractivity contribution in [3.05, 3.63) is 86.7 Å². The van der Waals surface area contributed by atoms with Crippen LogP contribution >= 0.6 is 0 Å². The van der Waals surface area contributed by atoms with Crippen molar-refractivity contribution >= 4 is 16.9 Å². The molecule has 0 atom stereocenters. The van der Waals surface area contributed by atoms with Gasteiger partial charge in [-0.2, -0.15) is 4.98 Å². The van der Waals surface area contributed by atoms with Gasteiger partial charge < -0.3 is 4.74 Å². The molecule has 0 aliphatic rings. The summed E-state index contributed by atoms with van der Waals surface area (Å²) in [7, 11) is 3.18. The zero-order valence-electron chi connectivity index (χ0n) is 19.1. The van der Waals surface area contributed by atoms with E-state index in [0.717, 1.165) is 28.1 Å². The number of nitrogens with zero attached hydrogens (tertiary/aromatic N) is 5. The van der Waals surface area contributed by atoms with Crippen molar-refractivity contribution in [2.45, 2.75) is 20.4 Å². The van der Waals surface area contributed by atoms with Gasteiger partial charge in [-0.05, 0) is 31.0 Å². The average molecular weight is 444 g/mol. The SMILES string of the molecule is COCCn1c(=O)c2c(nc3n(-c4cc(C)ccc4C)c(-c4ccccc4)cn23)n(C)c1=O. The summed E-state index contributed by atoms with van der Waals surface area (Å²) in [5.41, 5.74) is 5.01. The topological polar surface area (TPSA) is 75.5 Å². The number of benzene rings is 2. The molecule has 3 aromatic heterocycles. The Morgan fingerprint density at radius 1 is 1.03 bits per heavy atom. The summed E-state index contributed by atoms with van der Waals surface area (Å²) < 4.78 is 11.6. The fraction of sp³-hybridized carbons (Fsp3) is 0.240. The number of fused-ring (bicyclic) bond motifs is 3. The van der Waals surface area contributed by atoms with Gasteiger partial charge in [0, 0.05) is 25.9 Å². The van der Waals surface area contributed by atoms with E-state index in [0.29, 0.717) is 16.9 Å². The molecule has 0 spiro atoms. The third-order valence-electron chi connectivity index (χ3n) is 6.04. The molecule has 0 bridgehead atoms. The van der Waals surface area contributed by atoms with E-state index in [2.05, 4.69) is 29.7 Å². The van der Waals surface area contributed by atoms with E-state index in [4.69, 9.17) is 9.72 Å². The number of hydrogen-bond donors (Lipinski definition) is 0. The monoisotopic (exact) mass is 443 g/mol. The number of aryl methyl sites for hydroxylation is 3. The van der Waals surface area contributed by atoms with Crippen LogP contribution in [-0.2, 0) is 18.3 Å². The largest absolute Gasteiger partial charge is 0.383 e. The highest BCUT2D eigenvalue weighted by Gasteiger charge is 2.23. The molecule has 8 nitrogen and oxygen atoms in total. The lowest BCUT2D eigenvalue weighted by atomic mass is 10.1. The first kappa shape index (κ1) is 21.0. The average Bonchev–Trinajstić information content (AvgIpc) is 3.36. The van der Waals surface area contributed by atoms with Crippen LogP contribution in [0.15, 0.2) is 64.3 Å². The minimum atomic E-state index is -0.410. The Morgan fingerprint density at radius 2 is 1.79 bits per heavy atom. The van der Waals surface area contributed by atoms with Crippen molar-refractivity contribution in [3.63, 3.8) is 0 Å². The van der Waals surface area contributed by atoms with Crippen molar-refractivity contribution in [1.82, 2.24) is 23.1 Å². The van der Waals surface area contributed by atoms with Gasteiger partial charge in [-0.25, -0.2) is 4.79 Å². The Balaban J connectivity index is 1.94. The Kier molecular flexibility index (Phi) is 5.02. The van der Waals surface area contributed by atoms with E-state index in [9.17, 15) is 9.59 Å². The molecule has 0 unspecified atom stereocenters. The summed E-state index contributed by atoms with van der Waals surface area (Å²) in [5, 5.41) is 0.